The molecule has 0 atom stereocenters. The zero-order valence-corrected chi connectivity index (χ0v) is 7.58. The number of carbonyl (C=O) groups is 1. The van der Waals surface area contributed by atoms with Crippen LogP contribution in [-0.4, -0.2) is 10.1 Å². The molecule has 0 saturated heterocycles. The van der Waals surface area contributed by atoms with E-state index in [1.54, 1.807) is 19.2 Å². The Morgan fingerprint density at radius 1 is 1.58 bits per heavy atom. The van der Waals surface area contributed by atoms with Crippen molar-refractivity contribution in [3.8, 4) is 0 Å². The van der Waals surface area contributed by atoms with Crippen LogP contribution < -0.4 is 0 Å². The van der Waals surface area contributed by atoms with Crippen LogP contribution in [0, 0.1) is 0 Å². The van der Waals surface area contributed by atoms with E-state index in [2.05, 4.69) is 17.6 Å². The van der Waals surface area contributed by atoms with Gasteiger partial charge < -0.3 is 0 Å². The number of nitrogens with zero attached hydrogens (tertiary/aromatic N) is 1. The zero-order valence-electron chi connectivity index (χ0n) is 6.69. The molecule has 0 fully saturated rings. The quantitative estimate of drug-likeness (QED) is 0.555. The van der Waals surface area contributed by atoms with Crippen molar-refractivity contribution in [1.82, 2.24) is 4.98 Å². The second-order valence-electron chi connectivity index (χ2n) is 2.39. The summed E-state index contributed by atoms with van der Waals surface area (Å²) in [6, 6.07) is 5.53. The number of hydrogen-bond acceptors (Lipinski definition) is 2. The van der Waals surface area contributed by atoms with Gasteiger partial charge in [-0.05, 0) is 25.1 Å². The Labute approximate surface area is 76.7 Å². The van der Waals surface area contributed by atoms with Gasteiger partial charge in [-0.2, -0.15) is 0 Å². The number of carbonyl (C=O) groups excluding carboxylic acids is 1. The highest BCUT2D eigenvalue weighted by molar-refractivity contribution is 7.97. The zero-order chi connectivity index (χ0) is 8.97. The fourth-order valence-corrected chi connectivity index (χ4v) is 0.809. The van der Waals surface area contributed by atoms with Gasteiger partial charge in [-0.25, -0.2) is 0 Å². The summed E-state index contributed by atoms with van der Waals surface area (Å²) in [5, 5.41) is -0.222. The topological polar surface area (TPSA) is 30.0 Å². The SMILES string of the molecule is CC(=Cc1ccccn1)C(=O)S. The lowest BCUT2D eigenvalue weighted by atomic mass is 10.2. The second-order valence-corrected chi connectivity index (χ2v) is 2.79. The summed E-state index contributed by atoms with van der Waals surface area (Å²) in [5.41, 5.74) is 1.37. The van der Waals surface area contributed by atoms with E-state index in [4.69, 9.17) is 0 Å². The first-order valence-corrected chi connectivity index (χ1v) is 3.97. The number of aromatic nitrogens is 1. The molecule has 1 aromatic rings. The van der Waals surface area contributed by atoms with Gasteiger partial charge in [0.05, 0.1) is 5.69 Å². The van der Waals surface area contributed by atoms with Gasteiger partial charge >= 0.3 is 0 Å². The summed E-state index contributed by atoms with van der Waals surface area (Å²) in [4.78, 5) is 14.8. The molecule has 0 aliphatic carbocycles. The summed E-state index contributed by atoms with van der Waals surface area (Å²) in [6.45, 7) is 1.71. The standard InChI is InChI=1S/C9H9NOS/c1-7(9(11)12)6-8-4-2-3-5-10-8/h2-6H,1H3,(H,11,12). The first kappa shape index (κ1) is 9.00. The smallest absolute Gasteiger partial charge is 0.212 e. The summed E-state index contributed by atoms with van der Waals surface area (Å²) in [7, 11) is 0. The molecule has 0 aromatic carbocycles. The van der Waals surface area contributed by atoms with Gasteiger partial charge in [-0.3, -0.25) is 9.78 Å². The Morgan fingerprint density at radius 2 is 2.33 bits per heavy atom. The normalized spacial score (nSPS) is 11.3. The van der Waals surface area contributed by atoms with Gasteiger partial charge in [0.1, 0.15) is 0 Å². The molecule has 1 heterocycles. The van der Waals surface area contributed by atoms with E-state index in [9.17, 15) is 4.79 Å². The summed E-state index contributed by atoms with van der Waals surface area (Å²) >= 11 is 3.69. The predicted octanol–water partition coefficient (Wildman–Crippen LogP) is 1.94. The van der Waals surface area contributed by atoms with Crippen LogP contribution in [0.5, 0.6) is 0 Å². The van der Waals surface area contributed by atoms with Crippen molar-refractivity contribution in [2.24, 2.45) is 0 Å². The third kappa shape index (κ3) is 2.51. The Hall–Kier alpha value is -1.09. The van der Waals surface area contributed by atoms with Crippen molar-refractivity contribution < 1.29 is 4.79 Å². The van der Waals surface area contributed by atoms with Crippen LogP contribution in [0.1, 0.15) is 12.6 Å². The molecule has 0 aliphatic rings. The number of thiol groups is 1. The van der Waals surface area contributed by atoms with Crippen LogP contribution >= 0.6 is 12.6 Å². The van der Waals surface area contributed by atoms with E-state index in [1.807, 2.05) is 18.2 Å². The number of pyridine rings is 1. The van der Waals surface area contributed by atoms with E-state index in [-0.39, 0.29) is 5.12 Å². The van der Waals surface area contributed by atoms with Crippen molar-refractivity contribution in [2.75, 3.05) is 0 Å². The van der Waals surface area contributed by atoms with Crippen molar-refractivity contribution in [2.45, 2.75) is 6.92 Å². The molecule has 3 heteroatoms. The highest BCUT2D eigenvalue weighted by atomic mass is 32.1. The molecule has 62 valence electrons. The predicted molar refractivity (Wildman–Crippen MR) is 51.9 cm³/mol. The highest BCUT2D eigenvalue weighted by Crippen LogP contribution is 2.05. The third-order valence-corrected chi connectivity index (χ3v) is 1.74. The molecule has 0 unspecified atom stereocenters. The molecule has 0 aliphatic heterocycles. The van der Waals surface area contributed by atoms with E-state index in [0.717, 1.165) is 5.69 Å². The minimum atomic E-state index is -0.222. The van der Waals surface area contributed by atoms with Crippen molar-refractivity contribution >= 4 is 23.8 Å². The molecule has 0 N–H and O–H groups in total. The summed E-state index contributed by atoms with van der Waals surface area (Å²) in [6.07, 6.45) is 3.39. The van der Waals surface area contributed by atoms with Crippen LogP contribution in [0.25, 0.3) is 6.08 Å². The van der Waals surface area contributed by atoms with Gasteiger partial charge in [0.15, 0.2) is 0 Å². The number of hydrogen-bond donors (Lipinski definition) is 1. The van der Waals surface area contributed by atoms with Crippen LogP contribution in [0.3, 0.4) is 0 Å². The Bertz CT molecular complexity index is 306. The fraction of sp³-hybridized carbons (Fsp3) is 0.111. The van der Waals surface area contributed by atoms with Gasteiger partial charge in [0.25, 0.3) is 0 Å². The molecule has 12 heavy (non-hydrogen) atoms. The molecule has 0 spiro atoms. The lowest BCUT2D eigenvalue weighted by Crippen LogP contribution is -1.88. The Morgan fingerprint density at radius 3 is 2.83 bits per heavy atom. The molecule has 0 radical (unpaired) electrons. The van der Waals surface area contributed by atoms with Gasteiger partial charge in [-0.15, -0.1) is 12.6 Å². The van der Waals surface area contributed by atoms with E-state index in [1.165, 1.54) is 0 Å². The van der Waals surface area contributed by atoms with Gasteiger partial charge in [0.2, 0.25) is 5.12 Å². The van der Waals surface area contributed by atoms with Crippen LogP contribution in [0.4, 0.5) is 0 Å². The molecule has 2 nitrogen and oxygen atoms in total. The second kappa shape index (κ2) is 4.07. The van der Waals surface area contributed by atoms with Crippen LogP contribution in [0.15, 0.2) is 30.0 Å². The minimum Gasteiger partial charge on any atom is -0.282 e. The molecule has 1 rings (SSSR count). The molecule has 0 saturated carbocycles. The highest BCUT2D eigenvalue weighted by Gasteiger charge is 1.96. The average molecular weight is 179 g/mol. The monoisotopic (exact) mass is 179 g/mol. The summed E-state index contributed by atoms with van der Waals surface area (Å²) < 4.78 is 0. The molecule has 1 aromatic heterocycles. The van der Waals surface area contributed by atoms with E-state index >= 15 is 0 Å². The van der Waals surface area contributed by atoms with Gasteiger partial charge in [-0.1, -0.05) is 6.07 Å². The van der Waals surface area contributed by atoms with Gasteiger partial charge in [0, 0.05) is 11.8 Å². The maximum Gasteiger partial charge on any atom is 0.212 e. The maximum absolute atomic E-state index is 10.7. The molecule has 0 amide bonds. The van der Waals surface area contributed by atoms with Crippen molar-refractivity contribution in [1.29, 1.82) is 0 Å². The average Bonchev–Trinajstić information content (AvgIpc) is 2.06. The Kier molecular flexibility index (Phi) is 3.05. The van der Waals surface area contributed by atoms with Crippen molar-refractivity contribution in [3.63, 3.8) is 0 Å². The van der Waals surface area contributed by atoms with Crippen LogP contribution in [0.2, 0.25) is 0 Å². The first-order chi connectivity index (χ1) is 5.70. The van der Waals surface area contributed by atoms with Crippen molar-refractivity contribution in [3.05, 3.63) is 35.7 Å². The minimum absolute atomic E-state index is 0.222. The lowest BCUT2D eigenvalue weighted by molar-refractivity contribution is -0.107. The first-order valence-electron chi connectivity index (χ1n) is 3.53. The fourth-order valence-electron chi connectivity index (χ4n) is 0.745. The largest absolute Gasteiger partial charge is 0.282 e. The maximum atomic E-state index is 10.7. The van der Waals surface area contributed by atoms with E-state index < -0.39 is 0 Å². The lowest BCUT2D eigenvalue weighted by Gasteiger charge is -1.93. The third-order valence-electron chi connectivity index (χ3n) is 1.39. The Balaban J connectivity index is 2.89. The molecular formula is C9H9NOS. The van der Waals surface area contributed by atoms with Crippen LogP contribution in [-0.2, 0) is 4.79 Å². The summed E-state index contributed by atoms with van der Waals surface area (Å²) in [5.74, 6) is 0. The van der Waals surface area contributed by atoms with E-state index in [0.29, 0.717) is 5.57 Å². The molecule has 0 bridgehead atoms. The molecular weight excluding hydrogens is 170 g/mol. The number of rotatable bonds is 2.